The topological polar surface area (TPSA) is 38.4 Å². The van der Waals surface area contributed by atoms with Gasteiger partial charge >= 0.3 is 0 Å². The van der Waals surface area contributed by atoms with E-state index in [1.165, 1.54) is 0 Å². The highest BCUT2D eigenvalue weighted by Crippen LogP contribution is 2.25. The van der Waals surface area contributed by atoms with Gasteiger partial charge in [-0.3, -0.25) is 0 Å². The molecule has 0 aromatic heterocycles. The highest BCUT2D eigenvalue weighted by atomic mass is 35.5. The summed E-state index contributed by atoms with van der Waals surface area (Å²) < 4.78 is 0. The summed E-state index contributed by atoms with van der Waals surface area (Å²) in [5.74, 6) is 0.630. The Hall–Kier alpha value is -1.02. The van der Waals surface area contributed by atoms with Crippen molar-refractivity contribution in [2.45, 2.75) is 20.3 Å². The maximum absolute atomic E-state index is 5.93. The molecule has 0 saturated carbocycles. The number of benzene rings is 1. The second-order valence-electron chi connectivity index (χ2n) is 2.84. The van der Waals surface area contributed by atoms with Crippen molar-refractivity contribution in [3.63, 3.8) is 0 Å². The van der Waals surface area contributed by atoms with E-state index in [0.29, 0.717) is 5.84 Å². The molecule has 0 spiro atoms. The second-order valence-corrected chi connectivity index (χ2v) is 3.25. The molecular weight excluding hydrogens is 184 g/mol. The number of amidine groups is 1. The summed E-state index contributed by atoms with van der Waals surface area (Å²) in [4.78, 5) is 4.25. The number of rotatable bonds is 2. The summed E-state index contributed by atoms with van der Waals surface area (Å²) in [5, 5.41) is 0.727. The second kappa shape index (κ2) is 4.28. The molecular formula is C10H13ClN2. The first-order valence-electron chi connectivity index (χ1n) is 4.23. The minimum Gasteiger partial charge on any atom is -0.387 e. The monoisotopic (exact) mass is 196 g/mol. The number of hydrogen-bond donors (Lipinski definition) is 1. The Morgan fingerprint density at radius 2 is 2.23 bits per heavy atom. The lowest BCUT2D eigenvalue weighted by atomic mass is 10.2. The number of nitrogens with zero attached hydrogens (tertiary/aromatic N) is 1. The smallest absolute Gasteiger partial charge is 0.0993 e. The molecule has 1 aromatic rings. The predicted octanol–water partition coefficient (Wildman–Crippen LogP) is 3.05. The van der Waals surface area contributed by atoms with Gasteiger partial charge in [0, 0.05) is 11.4 Å². The van der Waals surface area contributed by atoms with E-state index in [0.717, 1.165) is 22.7 Å². The summed E-state index contributed by atoms with van der Waals surface area (Å²) >= 11 is 5.93. The lowest BCUT2D eigenvalue weighted by Crippen LogP contribution is -2.08. The van der Waals surface area contributed by atoms with Gasteiger partial charge in [0.2, 0.25) is 0 Å². The van der Waals surface area contributed by atoms with E-state index in [-0.39, 0.29) is 0 Å². The van der Waals surface area contributed by atoms with E-state index in [4.69, 9.17) is 17.3 Å². The Kier molecular flexibility index (Phi) is 3.32. The van der Waals surface area contributed by atoms with Gasteiger partial charge in [0.25, 0.3) is 0 Å². The SMILES string of the molecule is CCC(N)=Nc1cccc(Cl)c1C. The third kappa shape index (κ3) is 2.46. The lowest BCUT2D eigenvalue weighted by Gasteiger charge is -2.02. The van der Waals surface area contributed by atoms with Gasteiger partial charge in [-0.1, -0.05) is 24.6 Å². The molecule has 0 saturated heterocycles. The van der Waals surface area contributed by atoms with Crippen molar-refractivity contribution in [2.75, 3.05) is 0 Å². The molecule has 2 nitrogen and oxygen atoms in total. The third-order valence-electron chi connectivity index (χ3n) is 1.87. The van der Waals surface area contributed by atoms with E-state index in [1.54, 1.807) is 0 Å². The minimum atomic E-state index is 0.630. The van der Waals surface area contributed by atoms with Crippen molar-refractivity contribution < 1.29 is 0 Å². The van der Waals surface area contributed by atoms with Gasteiger partial charge in [-0.25, -0.2) is 4.99 Å². The summed E-state index contributed by atoms with van der Waals surface area (Å²) in [6.07, 6.45) is 0.756. The molecule has 0 aliphatic heterocycles. The first kappa shape index (κ1) is 10.1. The van der Waals surface area contributed by atoms with Crippen molar-refractivity contribution >= 4 is 23.1 Å². The van der Waals surface area contributed by atoms with E-state index in [2.05, 4.69) is 4.99 Å². The fourth-order valence-electron chi connectivity index (χ4n) is 0.951. The molecule has 0 heterocycles. The fourth-order valence-corrected chi connectivity index (χ4v) is 1.12. The minimum absolute atomic E-state index is 0.630. The van der Waals surface area contributed by atoms with Crippen LogP contribution in [0.4, 0.5) is 5.69 Å². The molecule has 0 radical (unpaired) electrons. The number of hydrogen-bond acceptors (Lipinski definition) is 1. The Bertz CT molecular complexity index is 332. The van der Waals surface area contributed by atoms with Gasteiger partial charge in [-0.15, -0.1) is 0 Å². The normalized spacial score (nSPS) is 11.8. The van der Waals surface area contributed by atoms with Gasteiger partial charge in [-0.05, 0) is 24.6 Å². The molecule has 0 unspecified atom stereocenters. The van der Waals surface area contributed by atoms with Gasteiger partial charge in [0.15, 0.2) is 0 Å². The Balaban J connectivity index is 3.09. The fraction of sp³-hybridized carbons (Fsp3) is 0.300. The van der Waals surface area contributed by atoms with E-state index >= 15 is 0 Å². The molecule has 3 heteroatoms. The van der Waals surface area contributed by atoms with Crippen molar-refractivity contribution in [2.24, 2.45) is 10.7 Å². The maximum atomic E-state index is 5.93. The molecule has 13 heavy (non-hydrogen) atoms. The average molecular weight is 197 g/mol. The van der Waals surface area contributed by atoms with Crippen LogP contribution in [0.5, 0.6) is 0 Å². The molecule has 2 N–H and O–H groups in total. The molecule has 70 valence electrons. The summed E-state index contributed by atoms with van der Waals surface area (Å²) in [7, 11) is 0. The third-order valence-corrected chi connectivity index (χ3v) is 2.27. The van der Waals surface area contributed by atoms with Crippen molar-refractivity contribution in [3.05, 3.63) is 28.8 Å². The van der Waals surface area contributed by atoms with Gasteiger partial charge in [-0.2, -0.15) is 0 Å². The van der Waals surface area contributed by atoms with Crippen LogP contribution in [0.2, 0.25) is 5.02 Å². The molecule has 0 fully saturated rings. The molecule has 1 aromatic carbocycles. The zero-order chi connectivity index (χ0) is 9.84. The Labute approximate surface area is 83.4 Å². The number of halogens is 1. The molecule has 0 aliphatic carbocycles. The highest BCUT2D eigenvalue weighted by molar-refractivity contribution is 6.31. The first-order chi connectivity index (χ1) is 6.15. The van der Waals surface area contributed by atoms with Crippen molar-refractivity contribution in [3.8, 4) is 0 Å². The quantitative estimate of drug-likeness (QED) is 0.573. The van der Waals surface area contributed by atoms with Crippen LogP contribution < -0.4 is 5.73 Å². The summed E-state index contributed by atoms with van der Waals surface area (Å²) in [6.45, 7) is 3.91. The van der Waals surface area contributed by atoms with Gasteiger partial charge < -0.3 is 5.73 Å². The standard InChI is InChI=1S/C10H13ClN2/c1-3-10(12)13-9-6-4-5-8(11)7(9)2/h4-6H,3H2,1-2H3,(H2,12,13). The molecule has 1 rings (SSSR count). The Morgan fingerprint density at radius 3 is 2.85 bits per heavy atom. The predicted molar refractivity (Wildman–Crippen MR) is 57.8 cm³/mol. The van der Waals surface area contributed by atoms with Crippen molar-refractivity contribution in [1.29, 1.82) is 0 Å². The average Bonchev–Trinajstić information content (AvgIpc) is 2.13. The lowest BCUT2D eigenvalue weighted by molar-refractivity contribution is 1.23. The zero-order valence-electron chi connectivity index (χ0n) is 7.84. The van der Waals surface area contributed by atoms with Crippen LogP contribution >= 0.6 is 11.6 Å². The van der Waals surface area contributed by atoms with Crippen LogP contribution in [0.3, 0.4) is 0 Å². The van der Waals surface area contributed by atoms with Crippen LogP contribution in [-0.2, 0) is 0 Å². The summed E-state index contributed by atoms with van der Waals surface area (Å²) in [6, 6.07) is 5.62. The number of aliphatic imine (C=N–C) groups is 1. The zero-order valence-corrected chi connectivity index (χ0v) is 8.60. The maximum Gasteiger partial charge on any atom is 0.0993 e. The molecule has 0 amide bonds. The van der Waals surface area contributed by atoms with Crippen LogP contribution in [0.15, 0.2) is 23.2 Å². The van der Waals surface area contributed by atoms with Crippen LogP contribution in [0.1, 0.15) is 18.9 Å². The number of nitrogens with two attached hydrogens (primary N) is 1. The van der Waals surface area contributed by atoms with Gasteiger partial charge in [0.1, 0.15) is 0 Å². The van der Waals surface area contributed by atoms with Crippen LogP contribution in [-0.4, -0.2) is 5.84 Å². The molecule has 0 bridgehead atoms. The first-order valence-corrected chi connectivity index (χ1v) is 4.61. The summed E-state index contributed by atoms with van der Waals surface area (Å²) in [5.41, 5.74) is 7.46. The van der Waals surface area contributed by atoms with Crippen LogP contribution in [0, 0.1) is 6.92 Å². The molecule has 0 atom stereocenters. The van der Waals surface area contributed by atoms with E-state index in [1.807, 2.05) is 32.0 Å². The Morgan fingerprint density at radius 1 is 1.54 bits per heavy atom. The van der Waals surface area contributed by atoms with Crippen molar-refractivity contribution in [1.82, 2.24) is 0 Å². The van der Waals surface area contributed by atoms with Crippen LogP contribution in [0.25, 0.3) is 0 Å². The largest absolute Gasteiger partial charge is 0.387 e. The van der Waals surface area contributed by atoms with Gasteiger partial charge in [0.05, 0.1) is 11.5 Å². The van der Waals surface area contributed by atoms with E-state index in [9.17, 15) is 0 Å². The van der Waals surface area contributed by atoms with E-state index < -0.39 is 0 Å². The highest BCUT2D eigenvalue weighted by Gasteiger charge is 2.00. The molecule has 0 aliphatic rings.